The van der Waals surface area contributed by atoms with Gasteiger partial charge in [0, 0.05) is 56.8 Å². The molecule has 0 bridgehead atoms. The van der Waals surface area contributed by atoms with E-state index >= 15 is 0 Å². The van der Waals surface area contributed by atoms with Crippen LogP contribution in [0, 0.1) is 0 Å². The average Bonchev–Trinajstić information content (AvgIpc) is 3.84. The van der Waals surface area contributed by atoms with Gasteiger partial charge in [0.25, 0.3) is 23.3 Å². The van der Waals surface area contributed by atoms with Crippen LogP contribution in [-0.4, -0.2) is 117 Å². The summed E-state index contributed by atoms with van der Waals surface area (Å²) in [7, 11) is 3.13. The number of aryl methyl sites for hydroxylation is 1. The van der Waals surface area contributed by atoms with Gasteiger partial charge in [-0.15, -0.1) is 5.10 Å². The van der Waals surface area contributed by atoms with E-state index in [4.69, 9.17) is 30.8 Å². The molecule has 5 aromatic rings. The van der Waals surface area contributed by atoms with Crippen molar-refractivity contribution in [3.63, 3.8) is 0 Å². The van der Waals surface area contributed by atoms with Crippen LogP contribution in [-0.2, 0) is 32.7 Å². The molecular weight excluding hydrogens is 826 g/mol. The lowest BCUT2D eigenvalue weighted by Crippen LogP contribution is -2.54. The lowest BCUT2D eigenvalue weighted by atomic mass is 9.94. The van der Waals surface area contributed by atoms with Crippen molar-refractivity contribution in [1.29, 1.82) is 0 Å². The number of ether oxygens (including phenoxy) is 3. The summed E-state index contributed by atoms with van der Waals surface area (Å²) in [5.74, 6) is -1.03. The number of benzene rings is 2. The third kappa shape index (κ3) is 8.77. The van der Waals surface area contributed by atoms with Crippen molar-refractivity contribution in [3.05, 3.63) is 87.1 Å². The Kier molecular flexibility index (Phi) is 12.1. The molecule has 0 saturated carbocycles. The molecule has 2 fully saturated rings. The Morgan fingerprint density at radius 1 is 0.952 bits per heavy atom. The Hall–Kier alpha value is -6.93. The van der Waals surface area contributed by atoms with Gasteiger partial charge in [-0.2, -0.15) is 4.98 Å². The fourth-order valence-corrected chi connectivity index (χ4v) is 7.73. The number of nitrogens with zero attached hydrogens (tertiary/aromatic N) is 8. The van der Waals surface area contributed by atoms with Crippen molar-refractivity contribution in [2.75, 3.05) is 56.8 Å². The number of nitrogens with one attached hydrogen (secondary N) is 3. The van der Waals surface area contributed by atoms with Crippen molar-refractivity contribution in [3.8, 4) is 11.5 Å². The van der Waals surface area contributed by atoms with Gasteiger partial charge in [-0.1, -0.05) is 16.8 Å². The first kappa shape index (κ1) is 41.8. The van der Waals surface area contributed by atoms with Crippen LogP contribution in [0.2, 0.25) is 5.02 Å². The van der Waals surface area contributed by atoms with Crippen LogP contribution in [0.3, 0.4) is 0 Å². The smallest absolute Gasteiger partial charge is 0.293 e. The van der Waals surface area contributed by atoms with Gasteiger partial charge in [0.15, 0.2) is 18.2 Å². The van der Waals surface area contributed by atoms with Gasteiger partial charge in [-0.05, 0) is 61.7 Å². The first-order valence-corrected chi connectivity index (χ1v) is 20.3. The Morgan fingerprint density at radius 3 is 2.55 bits per heavy atom. The van der Waals surface area contributed by atoms with Crippen LogP contribution >= 0.6 is 11.6 Å². The number of hydrogen-bond acceptors (Lipinski definition) is 15. The SMILES string of the molecule is CNC(=O)COc1cc2cc(Nc3nc(N4CCC(c5cn(CCOCCOc6ccc7c(c6)C(=O)N(C6CCC(=O)NC6=O)C7=O)nn5)CC4)ncc3Cl)ccc2n(C)c1=O. The highest BCUT2D eigenvalue weighted by molar-refractivity contribution is 6.33. The summed E-state index contributed by atoms with van der Waals surface area (Å²) in [6, 6.07) is 10.6. The number of carbonyl (C=O) groups excluding carboxylic acids is 5. The number of fused-ring (bicyclic) bond motifs is 2. The molecule has 5 amide bonds. The van der Waals surface area contributed by atoms with E-state index in [-0.39, 0.29) is 66.9 Å². The Bertz CT molecular complexity index is 2640. The normalized spacial score (nSPS) is 16.7. The predicted octanol–water partition coefficient (Wildman–Crippen LogP) is 2.32. The second-order valence-corrected chi connectivity index (χ2v) is 15.3. The summed E-state index contributed by atoms with van der Waals surface area (Å²) in [4.78, 5) is 86.6. The molecule has 1 atom stereocenters. The van der Waals surface area contributed by atoms with Gasteiger partial charge in [-0.25, -0.2) is 9.67 Å². The first-order chi connectivity index (χ1) is 30.0. The van der Waals surface area contributed by atoms with Gasteiger partial charge in [0.2, 0.25) is 17.8 Å². The van der Waals surface area contributed by atoms with Crippen molar-refractivity contribution in [1.82, 2.24) is 45.1 Å². The zero-order valence-corrected chi connectivity index (χ0v) is 34.5. The van der Waals surface area contributed by atoms with Gasteiger partial charge < -0.3 is 34.3 Å². The quantitative estimate of drug-likeness (QED) is 0.101. The fourth-order valence-electron chi connectivity index (χ4n) is 7.59. The molecule has 2 saturated heterocycles. The van der Waals surface area contributed by atoms with Gasteiger partial charge in [-0.3, -0.25) is 39.0 Å². The van der Waals surface area contributed by atoms with Crippen molar-refractivity contribution < 1.29 is 38.2 Å². The van der Waals surface area contributed by atoms with Gasteiger partial charge in [0.05, 0.1) is 48.3 Å². The van der Waals surface area contributed by atoms with Crippen LogP contribution < -0.4 is 35.9 Å². The maximum Gasteiger partial charge on any atom is 0.293 e. The third-order valence-electron chi connectivity index (χ3n) is 10.9. The average molecular weight is 868 g/mol. The first-order valence-electron chi connectivity index (χ1n) is 19.9. The van der Waals surface area contributed by atoms with Gasteiger partial charge >= 0.3 is 0 Å². The number of hydrogen-bond donors (Lipinski definition) is 3. The molecule has 3 aliphatic heterocycles. The summed E-state index contributed by atoms with van der Waals surface area (Å²) in [6.45, 7) is 2.40. The van der Waals surface area contributed by atoms with Crippen molar-refractivity contribution in [2.24, 2.45) is 7.05 Å². The number of halogens is 1. The molecule has 3 N–H and O–H groups in total. The van der Waals surface area contributed by atoms with Crippen LogP contribution in [0.5, 0.6) is 11.5 Å². The largest absolute Gasteiger partial charge is 0.491 e. The lowest BCUT2D eigenvalue weighted by Gasteiger charge is -2.31. The van der Waals surface area contributed by atoms with E-state index in [1.807, 2.05) is 18.3 Å². The molecule has 21 heteroatoms. The van der Waals surface area contributed by atoms with Crippen LogP contribution in [0.1, 0.15) is 58.0 Å². The number of aromatic nitrogens is 6. The summed E-state index contributed by atoms with van der Waals surface area (Å²) >= 11 is 6.53. The monoisotopic (exact) mass is 867 g/mol. The zero-order chi connectivity index (χ0) is 43.5. The molecular formula is C41H42ClN11O9. The van der Waals surface area contributed by atoms with E-state index in [2.05, 4.69) is 36.1 Å². The fraction of sp³-hybridized carbons (Fsp3) is 0.366. The summed E-state index contributed by atoms with van der Waals surface area (Å²) in [5.41, 5.74) is 2.22. The summed E-state index contributed by atoms with van der Waals surface area (Å²) in [5, 5.41) is 17.7. The molecule has 20 nitrogen and oxygen atoms in total. The maximum atomic E-state index is 13.1. The number of pyridine rings is 1. The molecule has 2 aromatic carbocycles. The minimum absolute atomic E-state index is 0.0478. The van der Waals surface area contributed by atoms with Crippen LogP contribution in [0.25, 0.3) is 10.9 Å². The molecule has 0 aliphatic carbocycles. The third-order valence-corrected chi connectivity index (χ3v) is 11.2. The second-order valence-electron chi connectivity index (χ2n) is 14.9. The minimum atomic E-state index is -1.03. The van der Waals surface area contributed by atoms with E-state index in [0.717, 1.165) is 23.4 Å². The molecule has 8 rings (SSSR count). The molecule has 6 heterocycles. The van der Waals surface area contributed by atoms with Crippen LogP contribution in [0.15, 0.2) is 59.7 Å². The van der Waals surface area contributed by atoms with Crippen molar-refractivity contribution >= 4 is 69.5 Å². The Balaban J connectivity index is 0.787. The van der Waals surface area contributed by atoms with E-state index in [0.29, 0.717) is 65.4 Å². The van der Waals surface area contributed by atoms with E-state index in [1.165, 1.54) is 23.7 Å². The Labute approximate surface area is 358 Å². The minimum Gasteiger partial charge on any atom is -0.491 e. The number of carbonyl (C=O) groups is 5. The molecule has 1 unspecified atom stereocenters. The van der Waals surface area contributed by atoms with Gasteiger partial charge in [0.1, 0.15) is 23.4 Å². The maximum absolute atomic E-state index is 13.1. The standard InChI is InChI=1S/C41H42ClN11O9/c1-43-35(55)22-62-33-18-24-17-25(3-6-31(24)50(2)40(33)59)45-36-29(42)20-44-41(47-36)51-11-9-23(10-12-51)30-21-52(49-48-30)13-14-60-15-16-61-26-4-5-27-28(19-26)39(58)53(38(27)57)32-7-8-34(54)46-37(32)56/h3-6,17-21,23,32H,7-16,22H2,1-2H3,(H,43,55)(H,44,45,47)(H,46,54,56). The number of rotatable bonds is 15. The molecule has 3 aliphatic rings. The number of imide groups is 2. The number of amides is 5. The second kappa shape index (κ2) is 18.0. The zero-order valence-electron chi connectivity index (χ0n) is 33.8. The predicted molar refractivity (Wildman–Crippen MR) is 223 cm³/mol. The topological polar surface area (TPSA) is 234 Å². The van der Waals surface area contributed by atoms with E-state index in [1.54, 1.807) is 36.1 Å². The molecule has 0 radical (unpaired) electrons. The highest BCUT2D eigenvalue weighted by Crippen LogP contribution is 2.32. The number of piperidine rings is 2. The van der Waals surface area contributed by atoms with E-state index < -0.39 is 29.7 Å². The number of likely N-dealkylation sites (N-methyl/N-ethyl adjacent to an activating group) is 1. The molecule has 322 valence electrons. The highest BCUT2D eigenvalue weighted by Gasteiger charge is 2.44. The van der Waals surface area contributed by atoms with Crippen molar-refractivity contribution in [2.45, 2.75) is 44.2 Å². The Morgan fingerprint density at radius 2 is 1.76 bits per heavy atom. The summed E-state index contributed by atoms with van der Waals surface area (Å²) < 4.78 is 20.2. The molecule has 62 heavy (non-hydrogen) atoms. The molecule has 0 spiro atoms. The van der Waals surface area contributed by atoms with E-state index in [9.17, 15) is 28.8 Å². The van der Waals surface area contributed by atoms with Crippen LogP contribution in [0.4, 0.5) is 17.5 Å². The summed E-state index contributed by atoms with van der Waals surface area (Å²) in [6.07, 6.45) is 5.25. The number of anilines is 3. The highest BCUT2D eigenvalue weighted by atomic mass is 35.5. The lowest BCUT2D eigenvalue weighted by molar-refractivity contribution is -0.136. The molecule has 3 aromatic heterocycles.